The second-order valence-corrected chi connectivity index (χ2v) is 9.27. The van der Waals surface area contributed by atoms with Crippen molar-refractivity contribution in [2.75, 3.05) is 10.6 Å². The van der Waals surface area contributed by atoms with Gasteiger partial charge in [-0.1, -0.05) is 81.4 Å². The van der Waals surface area contributed by atoms with E-state index in [0.29, 0.717) is 12.4 Å². The van der Waals surface area contributed by atoms with Gasteiger partial charge in [0.15, 0.2) is 0 Å². The fourth-order valence-electron chi connectivity index (χ4n) is 3.72. The second kappa shape index (κ2) is 9.43. The molecule has 0 atom stereocenters. The van der Waals surface area contributed by atoms with Gasteiger partial charge in [0.1, 0.15) is 17.3 Å². The molecular formula is C26H29N5O3. The van der Waals surface area contributed by atoms with E-state index in [1.165, 1.54) is 4.57 Å². The first-order chi connectivity index (χ1) is 16.2. The molecule has 2 aromatic carbocycles. The summed E-state index contributed by atoms with van der Waals surface area (Å²) in [5.41, 5.74) is 7.24. The molecule has 0 radical (unpaired) electrons. The van der Waals surface area contributed by atoms with Gasteiger partial charge in [-0.2, -0.15) is 0 Å². The van der Waals surface area contributed by atoms with Crippen molar-refractivity contribution in [1.82, 2.24) is 14.5 Å². The second-order valence-electron chi connectivity index (χ2n) is 9.27. The van der Waals surface area contributed by atoms with Gasteiger partial charge in [0.05, 0.1) is 19.3 Å². The normalized spacial score (nSPS) is 11.5. The smallest absolute Gasteiger partial charge is 0.330 e. The predicted molar refractivity (Wildman–Crippen MR) is 133 cm³/mol. The Kier molecular flexibility index (Phi) is 6.40. The Balaban J connectivity index is 1.77. The molecule has 0 saturated carbocycles. The Labute approximate surface area is 197 Å². The van der Waals surface area contributed by atoms with E-state index >= 15 is 0 Å². The van der Waals surface area contributed by atoms with E-state index in [9.17, 15) is 9.59 Å². The van der Waals surface area contributed by atoms with Gasteiger partial charge in [-0.3, -0.25) is 14.3 Å². The summed E-state index contributed by atoms with van der Waals surface area (Å²) in [6.45, 7) is 6.96. The zero-order valence-electron chi connectivity index (χ0n) is 19.6. The van der Waals surface area contributed by atoms with Crippen molar-refractivity contribution < 1.29 is 4.42 Å². The standard InChI is InChI=1S/C26H29N5O3/c1-26(2,3)20-14-28-21(34-20)17-30(15-18-10-6-4-7-11-18)22-23(27)31(25(33)29-24(22)32)16-19-12-8-5-9-13-19/h4-14H,15-17,27H2,1-3H3,(H,29,32,33). The number of rotatable bonds is 7. The van der Waals surface area contributed by atoms with Crippen LogP contribution in [0.5, 0.6) is 0 Å². The maximum Gasteiger partial charge on any atom is 0.330 e. The summed E-state index contributed by atoms with van der Waals surface area (Å²) in [7, 11) is 0. The maximum absolute atomic E-state index is 13.0. The van der Waals surface area contributed by atoms with Gasteiger partial charge in [-0.15, -0.1) is 0 Å². The molecule has 2 aromatic heterocycles. The van der Waals surface area contributed by atoms with E-state index in [1.54, 1.807) is 11.1 Å². The quantitative estimate of drug-likeness (QED) is 0.436. The molecule has 2 heterocycles. The number of benzene rings is 2. The van der Waals surface area contributed by atoms with Crippen LogP contribution >= 0.6 is 0 Å². The molecule has 0 aliphatic rings. The van der Waals surface area contributed by atoms with Crippen LogP contribution < -0.4 is 21.9 Å². The Morgan fingerprint density at radius 2 is 1.59 bits per heavy atom. The fourth-order valence-corrected chi connectivity index (χ4v) is 3.72. The molecular weight excluding hydrogens is 430 g/mol. The Morgan fingerprint density at radius 1 is 0.971 bits per heavy atom. The van der Waals surface area contributed by atoms with Crippen molar-refractivity contribution in [2.24, 2.45) is 0 Å². The van der Waals surface area contributed by atoms with Gasteiger partial charge in [0.2, 0.25) is 5.89 Å². The molecule has 176 valence electrons. The number of nitrogens with two attached hydrogens (primary N) is 1. The Hall–Kier alpha value is -4.07. The first kappa shape index (κ1) is 23.1. The number of hydrogen-bond donors (Lipinski definition) is 2. The van der Waals surface area contributed by atoms with E-state index < -0.39 is 11.2 Å². The molecule has 0 bridgehead atoms. The summed E-state index contributed by atoms with van der Waals surface area (Å²) in [5, 5.41) is 0. The molecule has 0 amide bonds. The Morgan fingerprint density at radius 3 is 2.18 bits per heavy atom. The van der Waals surface area contributed by atoms with Crippen molar-refractivity contribution in [1.29, 1.82) is 0 Å². The third-order valence-electron chi connectivity index (χ3n) is 5.55. The number of hydrogen-bond acceptors (Lipinski definition) is 6. The summed E-state index contributed by atoms with van der Waals surface area (Å²) in [6, 6.07) is 19.2. The van der Waals surface area contributed by atoms with Gasteiger partial charge in [0, 0.05) is 12.0 Å². The van der Waals surface area contributed by atoms with Crippen molar-refractivity contribution >= 4 is 11.5 Å². The third kappa shape index (κ3) is 5.11. The monoisotopic (exact) mass is 459 g/mol. The average Bonchev–Trinajstić information content (AvgIpc) is 3.27. The van der Waals surface area contributed by atoms with Crippen LogP contribution in [-0.4, -0.2) is 14.5 Å². The lowest BCUT2D eigenvalue weighted by molar-refractivity contribution is 0.380. The minimum atomic E-state index is -0.555. The first-order valence-electron chi connectivity index (χ1n) is 11.1. The fraction of sp³-hybridized carbons (Fsp3) is 0.269. The number of nitrogen functional groups attached to an aromatic ring is 1. The summed E-state index contributed by atoms with van der Waals surface area (Å²) in [6.07, 6.45) is 1.71. The number of nitrogens with one attached hydrogen (secondary N) is 1. The Bertz CT molecular complexity index is 1370. The van der Waals surface area contributed by atoms with Crippen LogP contribution in [0.1, 0.15) is 43.5 Å². The van der Waals surface area contributed by atoms with E-state index in [4.69, 9.17) is 10.2 Å². The molecule has 4 aromatic rings. The highest BCUT2D eigenvalue weighted by Crippen LogP contribution is 2.26. The third-order valence-corrected chi connectivity index (χ3v) is 5.55. The molecule has 0 fully saturated rings. The molecule has 0 spiro atoms. The van der Waals surface area contributed by atoms with Crippen LogP contribution in [-0.2, 0) is 25.0 Å². The summed E-state index contributed by atoms with van der Waals surface area (Å²) < 4.78 is 7.37. The highest BCUT2D eigenvalue weighted by molar-refractivity contribution is 5.62. The van der Waals surface area contributed by atoms with Crippen molar-refractivity contribution in [3.05, 3.63) is 110 Å². The number of oxazole rings is 1. The average molecular weight is 460 g/mol. The summed E-state index contributed by atoms with van der Waals surface area (Å²) in [4.78, 5) is 34.3. The molecule has 34 heavy (non-hydrogen) atoms. The molecule has 3 N–H and O–H groups in total. The topological polar surface area (TPSA) is 110 Å². The van der Waals surface area contributed by atoms with Crippen molar-refractivity contribution in [3.63, 3.8) is 0 Å². The molecule has 4 rings (SSSR count). The number of nitrogens with zero attached hydrogens (tertiary/aromatic N) is 3. The van der Waals surface area contributed by atoms with Crippen LogP contribution in [0.2, 0.25) is 0 Å². The first-order valence-corrected chi connectivity index (χ1v) is 11.1. The lowest BCUT2D eigenvalue weighted by Gasteiger charge is -2.25. The van der Waals surface area contributed by atoms with Gasteiger partial charge >= 0.3 is 5.69 Å². The molecule has 0 unspecified atom stereocenters. The predicted octanol–water partition coefficient (Wildman–Crippen LogP) is 3.66. The molecule has 0 saturated heterocycles. The van der Waals surface area contributed by atoms with E-state index in [0.717, 1.165) is 16.9 Å². The van der Waals surface area contributed by atoms with Gasteiger partial charge in [0.25, 0.3) is 5.56 Å². The minimum Gasteiger partial charge on any atom is -0.443 e. The maximum atomic E-state index is 13.0. The van der Waals surface area contributed by atoms with E-state index in [1.807, 2.05) is 81.4 Å². The van der Waals surface area contributed by atoms with Gasteiger partial charge in [-0.25, -0.2) is 9.78 Å². The lowest BCUT2D eigenvalue weighted by Crippen LogP contribution is -2.38. The molecule has 0 aliphatic heterocycles. The summed E-state index contributed by atoms with van der Waals surface area (Å²) in [5.74, 6) is 1.30. The van der Waals surface area contributed by atoms with Crippen LogP contribution in [0, 0.1) is 0 Å². The van der Waals surface area contributed by atoms with E-state index in [2.05, 4.69) is 9.97 Å². The molecule has 8 heteroatoms. The molecule has 0 aliphatic carbocycles. The van der Waals surface area contributed by atoms with Gasteiger partial charge in [-0.05, 0) is 11.1 Å². The van der Waals surface area contributed by atoms with Crippen molar-refractivity contribution in [2.45, 2.75) is 45.8 Å². The van der Waals surface area contributed by atoms with Crippen LogP contribution in [0.25, 0.3) is 0 Å². The number of aromatic amines is 1. The zero-order valence-corrected chi connectivity index (χ0v) is 19.6. The minimum absolute atomic E-state index is 0.0936. The van der Waals surface area contributed by atoms with Crippen molar-refractivity contribution in [3.8, 4) is 0 Å². The highest BCUT2D eigenvalue weighted by atomic mass is 16.4. The van der Waals surface area contributed by atoms with Gasteiger partial charge < -0.3 is 15.1 Å². The highest BCUT2D eigenvalue weighted by Gasteiger charge is 2.24. The number of anilines is 2. The number of H-pyrrole nitrogens is 1. The van der Waals surface area contributed by atoms with Crippen LogP contribution in [0.15, 0.2) is 80.9 Å². The lowest BCUT2D eigenvalue weighted by atomic mass is 9.94. The molecule has 8 nitrogen and oxygen atoms in total. The SMILES string of the molecule is CC(C)(C)c1cnc(CN(Cc2ccccc2)c2c(N)n(Cc3ccccc3)c(=O)[nH]c2=O)o1. The van der Waals surface area contributed by atoms with Crippen LogP contribution in [0.3, 0.4) is 0 Å². The van der Waals surface area contributed by atoms with E-state index in [-0.39, 0.29) is 30.0 Å². The number of aromatic nitrogens is 3. The zero-order chi connectivity index (χ0) is 24.3. The summed E-state index contributed by atoms with van der Waals surface area (Å²) >= 11 is 0. The largest absolute Gasteiger partial charge is 0.443 e. The van der Waals surface area contributed by atoms with Crippen LogP contribution in [0.4, 0.5) is 11.5 Å².